The number of aromatic nitrogens is 4. The number of rotatable bonds is 5. The Morgan fingerprint density at radius 2 is 2.06 bits per heavy atom. The molecule has 176 valence electrons. The monoisotopic (exact) mass is 488 g/mol. The first kappa shape index (κ1) is 22.5. The largest absolute Gasteiger partial charge is 0.493 e. The number of allylic oxidation sites excluding steroid dienone is 1. The molecule has 0 bridgehead atoms. The van der Waals surface area contributed by atoms with Crippen LogP contribution in [0.2, 0.25) is 5.02 Å². The maximum absolute atomic E-state index is 13.1. The minimum absolute atomic E-state index is 0.127. The number of nitrogens with zero attached hydrogens (tertiary/aromatic N) is 4. The van der Waals surface area contributed by atoms with Crippen molar-refractivity contribution in [3.05, 3.63) is 65.0 Å². The molecule has 1 fully saturated rings. The molecule has 0 N–H and O–H groups in total. The van der Waals surface area contributed by atoms with E-state index in [1.165, 1.54) is 16.2 Å². The van der Waals surface area contributed by atoms with Crippen LogP contribution in [-0.4, -0.2) is 26.1 Å². The van der Waals surface area contributed by atoms with Crippen molar-refractivity contribution < 1.29 is 22.4 Å². The number of imidazole rings is 1. The van der Waals surface area contributed by atoms with Gasteiger partial charge >= 0.3 is 6.18 Å². The fraction of sp³-hybridized carbons (Fsp3) is 0.292. The van der Waals surface area contributed by atoms with Gasteiger partial charge in [0, 0.05) is 18.0 Å². The van der Waals surface area contributed by atoms with Gasteiger partial charge in [0.25, 0.3) is 5.89 Å². The van der Waals surface area contributed by atoms with Crippen LogP contribution in [0.1, 0.15) is 30.4 Å². The summed E-state index contributed by atoms with van der Waals surface area (Å²) in [6.07, 6.45) is 0.946. The molecular weight excluding hydrogens is 469 g/mol. The molecule has 1 atom stereocenters. The number of aryl methyl sites for hydroxylation is 1. The quantitative estimate of drug-likeness (QED) is 0.290. The van der Waals surface area contributed by atoms with E-state index in [0.29, 0.717) is 18.1 Å². The van der Waals surface area contributed by atoms with Crippen LogP contribution in [0.3, 0.4) is 0 Å². The predicted molar refractivity (Wildman–Crippen MR) is 121 cm³/mol. The minimum atomic E-state index is -4.53. The van der Waals surface area contributed by atoms with Crippen LogP contribution >= 0.6 is 11.6 Å². The lowest BCUT2D eigenvalue weighted by atomic mass is 10.1. The van der Waals surface area contributed by atoms with Crippen LogP contribution in [0.15, 0.2) is 53.3 Å². The smallest absolute Gasteiger partial charge is 0.417 e. The number of fused-ring (bicyclic) bond motifs is 1. The van der Waals surface area contributed by atoms with Gasteiger partial charge in [-0.1, -0.05) is 28.9 Å². The van der Waals surface area contributed by atoms with E-state index in [1.54, 1.807) is 0 Å². The number of hydrogen-bond acceptors (Lipinski definition) is 5. The van der Waals surface area contributed by atoms with Gasteiger partial charge in [-0.2, -0.15) is 18.2 Å². The maximum Gasteiger partial charge on any atom is 0.417 e. The highest BCUT2D eigenvalue weighted by molar-refractivity contribution is 6.33. The van der Waals surface area contributed by atoms with E-state index < -0.39 is 11.7 Å². The molecule has 0 unspecified atom stereocenters. The van der Waals surface area contributed by atoms with Gasteiger partial charge in [0.05, 0.1) is 17.2 Å². The van der Waals surface area contributed by atoms with E-state index in [2.05, 4.69) is 21.7 Å². The van der Waals surface area contributed by atoms with Crippen molar-refractivity contribution in [2.24, 2.45) is 5.92 Å². The number of alkyl halides is 3. The molecule has 0 saturated heterocycles. The minimum Gasteiger partial charge on any atom is -0.493 e. The van der Waals surface area contributed by atoms with Crippen molar-refractivity contribution in [1.82, 2.24) is 19.5 Å². The highest BCUT2D eigenvalue weighted by atomic mass is 35.5. The zero-order valence-electron chi connectivity index (χ0n) is 18.2. The highest BCUT2D eigenvalue weighted by Crippen LogP contribution is 2.34. The molecule has 3 heterocycles. The van der Waals surface area contributed by atoms with Gasteiger partial charge in [0.2, 0.25) is 5.82 Å². The molecule has 6 nitrogen and oxygen atoms in total. The van der Waals surface area contributed by atoms with Gasteiger partial charge in [-0.25, -0.2) is 4.98 Å². The van der Waals surface area contributed by atoms with E-state index in [0.717, 1.165) is 42.8 Å². The van der Waals surface area contributed by atoms with Crippen LogP contribution < -0.4 is 4.74 Å². The fourth-order valence-corrected chi connectivity index (χ4v) is 4.34. The van der Waals surface area contributed by atoms with Gasteiger partial charge in [-0.3, -0.25) is 0 Å². The topological polar surface area (TPSA) is 65.5 Å². The second-order valence-corrected chi connectivity index (χ2v) is 8.91. The summed E-state index contributed by atoms with van der Waals surface area (Å²) in [5.41, 5.74) is 2.43. The summed E-state index contributed by atoms with van der Waals surface area (Å²) >= 11 is 6.01. The number of halogens is 4. The van der Waals surface area contributed by atoms with E-state index in [-0.39, 0.29) is 28.1 Å². The molecule has 1 saturated carbocycles. The van der Waals surface area contributed by atoms with Crippen LogP contribution in [0.4, 0.5) is 13.2 Å². The zero-order valence-corrected chi connectivity index (χ0v) is 19.0. The average molecular weight is 489 g/mol. The molecule has 1 aromatic carbocycles. The maximum atomic E-state index is 13.1. The summed E-state index contributed by atoms with van der Waals surface area (Å²) in [5, 5.41) is 3.81. The molecule has 0 aliphatic heterocycles. The van der Waals surface area contributed by atoms with Crippen LogP contribution in [0.25, 0.3) is 28.6 Å². The van der Waals surface area contributed by atoms with Crippen molar-refractivity contribution >= 4 is 17.2 Å². The van der Waals surface area contributed by atoms with E-state index in [9.17, 15) is 13.2 Å². The Balaban J connectivity index is 1.36. The second kappa shape index (κ2) is 8.47. The standard InChI is InChI=1S/C24H20ClF3N4O2/c1-13-3-4-15(7-13)12-33-20-6-5-16(8-14(20)2)23-30-21(31-34-23)19-11-32-10-17(24(26,27)28)9-18(25)22(32)29-19/h5-6,8-11,15H,1,3-4,7,12H2,2H3/t15-/m1/s1. The molecule has 0 spiro atoms. The van der Waals surface area contributed by atoms with Crippen molar-refractivity contribution in [1.29, 1.82) is 0 Å². The first-order valence-electron chi connectivity index (χ1n) is 10.7. The van der Waals surface area contributed by atoms with Crippen molar-refractivity contribution in [3.63, 3.8) is 0 Å². The first-order valence-corrected chi connectivity index (χ1v) is 11.0. The summed E-state index contributed by atoms with van der Waals surface area (Å²) < 4.78 is 51.8. The van der Waals surface area contributed by atoms with E-state index in [1.807, 2.05) is 25.1 Å². The SMILES string of the molecule is C=C1CC[C@@H](COc2ccc(-c3nc(-c4cn5cc(C(F)(F)F)cc(Cl)c5n4)no3)cc2C)C1. The summed E-state index contributed by atoms with van der Waals surface area (Å²) in [6, 6.07) is 6.41. The number of benzene rings is 1. The third kappa shape index (κ3) is 4.40. The summed E-state index contributed by atoms with van der Waals surface area (Å²) in [4.78, 5) is 8.63. The molecule has 3 aromatic heterocycles. The van der Waals surface area contributed by atoms with Crippen LogP contribution in [0, 0.1) is 12.8 Å². The van der Waals surface area contributed by atoms with E-state index >= 15 is 0 Å². The van der Waals surface area contributed by atoms with Gasteiger partial charge in [0.1, 0.15) is 11.4 Å². The molecule has 0 radical (unpaired) electrons. The Labute approximate surface area is 198 Å². The summed E-state index contributed by atoms with van der Waals surface area (Å²) in [5.74, 6) is 1.69. The zero-order chi connectivity index (χ0) is 24.0. The van der Waals surface area contributed by atoms with Crippen molar-refractivity contribution in [3.8, 4) is 28.7 Å². The van der Waals surface area contributed by atoms with Crippen molar-refractivity contribution in [2.75, 3.05) is 6.61 Å². The molecular formula is C24H20ClF3N4O2. The molecule has 1 aliphatic rings. The Morgan fingerprint density at radius 3 is 2.76 bits per heavy atom. The lowest BCUT2D eigenvalue weighted by Gasteiger charge is -2.13. The molecule has 34 heavy (non-hydrogen) atoms. The highest BCUT2D eigenvalue weighted by Gasteiger charge is 2.32. The molecule has 4 aromatic rings. The van der Waals surface area contributed by atoms with Crippen LogP contribution in [-0.2, 0) is 6.18 Å². The van der Waals surface area contributed by atoms with E-state index in [4.69, 9.17) is 20.9 Å². The van der Waals surface area contributed by atoms with Crippen LogP contribution in [0.5, 0.6) is 5.75 Å². The van der Waals surface area contributed by atoms with Gasteiger partial charge in [-0.15, -0.1) is 0 Å². The number of pyridine rings is 1. The van der Waals surface area contributed by atoms with Gasteiger partial charge < -0.3 is 13.7 Å². The molecule has 0 amide bonds. The Kier molecular flexibility index (Phi) is 5.59. The Hall–Kier alpha value is -3.33. The lowest BCUT2D eigenvalue weighted by molar-refractivity contribution is -0.137. The fourth-order valence-electron chi connectivity index (χ4n) is 4.08. The summed E-state index contributed by atoms with van der Waals surface area (Å²) in [7, 11) is 0. The lowest BCUT2D eigenvalue weighted by Crippen LogP contribution is -2.08. The first-order chi connectivity index (χ1) is 16.2. The van der Waals surface area contributed by atoms with Gasteiger partial charge in [-0.05, 0) is 61.9 Å². The third-order valence-corrected chi connectivity index (χ3v) is 6.15. The Bertz CT molecular complexity index is 1390. The second-order valence-electron chi connectivity index (χ2n) is 8.50. The van der Waals surface area contributed by atoms with Gasteiger partial charge in [0.15, 0.2) is 5.65 Å². The third-order valence-electron chi connectivity index (χ3n) is 5.87. The molecule has 5 rings (SSSR count). The number of ether oxygens (including phenoxy) is 1. The Morgan fingerprint density at radius 1 is 1.24 bits per heavy atom. The normalized spacial score (nSPS) is 16.5. The molecule has 10 heteroatoms. The van der Waals surface area contributed by atoms with Crippen molar-refractivity contribution in [2.45, 2.75) is 32.4 Å². The number of hydrogen-bond donors (Lipinski definition) is 0. The predicted octanol–water partition coefficient (Wildman–Crippen LogP) is 6.77. The summed E-state index contributed by atoms with van der Waals surface area (Å²) in [6.45, 7) is 6.63. The average Bonchev–Trinajstić information content (AvgIpc) is 3.51. The molecule has 1 aliphatic carbocycles.